The molecule has 0 aliphatic carbocycles. The average Bonchev–Trinajstić information content (AvgIpc) is 2.82. The lowest BCUT2D eigenvalue weighted by atomic mass is 10.1. The molecule has 112 valence electrons. The molecule has 0 unspecified atom stereocenters. The minimum Gasteiger partial charge on any atom is -0.445 e. The number of aromatic nitrogens is 1. The molecule has 0 radical (unpaired) electrons. The van der Waals surface area contributed by atoms with Crippen LogP contribution < -0.4 is 10.5 Å². The predicted octanol–water partition coefficient (Wildman–Crippen LogP) is 1.40. The van der Waals surface area contributed by atoms with Gasteiger partial charge in [0, 0.05) is 5.56 Å². The van der Waals surface area contributed by atoms with Crippen molar-refractivity contribution in [2.45, 2.75) is 25.3 Å². The van der Waals surface area contributed by atoms with E-state index in [-0.39, 0.29) is 16.4 Å². The highest BCUT2D eigenvalue weighted by molar-refractivity contribution is 7.89. The Morgan fingerprint density at radius 2 is 2.14 bits per heavy atom. The normalized spacial score (nSPS) is 11.5. The Hall–Kier alpha value is -1.77. The smallest absolute Gasteiger partial charge is 0.241 e. The van der Waals surface area contributed by atoms with Crippen molar-refractivity contribution in [2.24, 2.45) is 5.73 Å². The van der Waals surface area contributed by atoms with Gasteiger partial charge in [0.1, 0.15) is 10.7 Å². The number of hydrogen-bond acceptors (Lipinski definition) is 5. The van der Waals surface area contributed by atoms with E-state index in [1.807, 2.05) is 0 Å². The Labute approximate surface area is 128 Å². The molecule has 2 aromatic rings. The van der Waals surface area contributed by atoms with Crippen molar-refractivity contribution in [3.8, 4) is 0 Å². The fourth-order valence-corrected chi connectivity index (χ4v) is 3.15. The monoisotopic (exact) mass is 325 g/mol. The van der Waals surface area contributed by atoms with Crippen LogP contribution in [0.15, 0.2) is 33.7 Å². The third-order valence-electron chi connectivity index (χ3n) is 2.83. The van der Waals surface area contributed by atoms with Crippen molar-refractivity contribution < 1.29 is 12.8 Å². The molecule has 1 aromatic carbocycles. The van der Waals surface area contributed by atoms with Crippen LogP contribution in [-0.2, 0) is 16.6 Å². The van der Waals surface area contributed by atoms with E-state index in [1.165, 1.54) is 12.3 Å². The number of benzene rings is 1. The molecule has 0 atom stereocenters. The van der Waals surface area contributed by atoms with Crippen molar-refractivity contribution in [1.29, 1.82) is 0 Å². The van der Waals surface area contributed by atoms with E-state index in [2.05, 4.69) is 9.71 Å². The summed E-state index contributed by atoms with van der Waals surface area (Å²) >= 11 is 4.87. The van der Waals surface area contributed by atoms with Gasteiger partial charge in [-0.25, -0.2) is 18.1 Å². The molecule has 0 spiro atoms. The second-order valence-electron chi connectivity index (χ2n) is 4.53. The van der Waals surface area contributed by atoms with Crippen LogP contribution in [0.5, 0.6) is 0 Å². The number of nitrogens with zero attached hydrogens (tertiary/aromatic N) is 1. The molecule has 1 heterocycles. The van der Waals surface area contributed by atoms with Gasteiger partial charge in [0.05, 0.1) is 17.6 Å². The summed E-state index contributed by atoms with van der Waals surface area (Å²) in [6.45, 7) is 3.42. The lowest BCUT2D eigenvalue weighted by molar-refractivity contribution is 0.463. The second kappa shape index (κ2) is 5.92. The summed E-state index contributed by atoms with van der Waals surface area (Å²) in [5, 5.41) is 0. The maximum absolute atomic E-state index is 12.3. The van der Waals surface area contributed by atoms with Crippen LogP contribution in [0.2, 0.25) is 0 Å². The first-order valence-electron chi connectivity index (χ1n) is 6.11. The number of rotatable bonds is 5. The predicted molar refractivity (Wildman–Crippen MR) is 82.3 cm³/mol. The van der Waals surface area contributed by atoms with Gasteiger partial charge in [-0.15, -0.1) is 0 Å². The molecule has 0 saturated carbocycles. The number of nitrogens with two attached hydrogens (primary N) is 1. The standard InChI is InChI=1S/C13H15N3O3S2/c1-8-5-10(13(14)20)3-4-11(8)21(17,18)16-7-12-15-6-9(2)19-12/h3-6,16H,7H2,1-2H3,(H2,14,20). The van der Waals surface area contributed by atoms with Crippen LogP contribution in [0.1, 0.15) is 22.8 Å². The molecule has 0 aliphatic rings. The minimum absolute atomic E-state index is 0.00728. The van der Waals surface area contributed by atoms with Gasteiger partial charge in [-0.05, 0) is 31.5 Å². The molecular weight excluding hydrogens is 310 g/mol. The van der Waals surface area contributed by atoms with E-state index < -0.39 is 10.0 Å². The van der Waals surface area contributed by atoms with E-state index in [0.29, 0.717) is 22.8 Å². The third-order valence-corrected chi connectivity index (χ3v) is 4.63. The summed E-state index contributed by atoms with van der Waals surface area (Å²) in [5.74, 6) is 0.940. The minimum atomic E-state index is -3.66. The van der Waals surface area contributed by atoms with Crippen molar-refractivity contribution in [2.75, 3.05) is 0 Å². The van der Waals surface area contributed by atoms with Crippen LogP contribution in [0, 0.1) is 13.8 Å². The van der Waals surface area contributed by atoms with Gasteiger partial charge in [-0.2, -0.15) is 0 Å². The van der Waals surface area contributed by atoms with Crippen molar-refractivity contribution >= 4 is 27.2 Å². The maximum Gasteiger partial charge on any atom is 0.241 e. The zero-order valence-electron chi connectivity index (χ0n) is 11.6. The number of nitrogens with one attached hydrogen (secondary N) is 1. The third kappa shape index (κ3) is 3.66. The highest BCUT2D eigenvalue weighted by Gasteiger charge is 2.18. The molecule has 0 saturated heterocycles. The summed E-state index contributed by atoms with van der Waals surface area (Å²) < 4.78 is 32.2. The summed E-state index contributed by atoms with van der Waals surface area (Å²) in [6, 6.07) is 4.71. The van der Waals surface area contributed by atoms with Crippen molar-refractivity contribution in [1.82, 2.24) is 9.71 Å². The summed E-state index contributed by atoms with van der Waals surface area (Å²) in [7, 11) is -3.66. The van der Waals surface area contributed by atoms with Gasteiger partial charge >= 0.3 is 0 Å². The quantitative estimate of drug-likeness (QED) is 0.807. The Bertz CT molecular complexity index is 782. The van der Waals surface area contributed by atoms with Crippen LogP contribution >= 0.6 is 12.2 Å². The van der Waals surface area contributed by atoms with Gasteiger partial charge in [-0.1, -0.05) is 18.3 Å². The fourth-order valence-electron chi connectivity index (χ4n) is 1.82. The molecule has 0 bridgehead atoms. The van der Waals surface area contributed by atoms with E-state index in [1.54, 1.807) is 26.0 Å². The van der Waals surface area contributed by atoms with Crippen molar-refractivity contribution in [3.05, 3.63) is 47.2 Å². The zero-order chi connectivity index (χ0) is 15.6. The zero-order valence-corrected chi connectivity index (χ0v) is 13.2. The van der Waals surface area contributed by atoms with E-state index in [4.69, 9.17) is 22.4 Å². The van der Waals surface area contributed by atoms with Crippen LogP contribution in [-0.4, -0.2) is 18.4 Å². The molecule has 0 aliphatic heterocycles. The van der Waals surface area contributed by atoms with Crippen LogP contribution in [0.3, 0.4) is 0 Å². The number of aryl methyl sites for hydroxylation is 2. The van der Waals surface area contributed by atoms with Crippen LogP contribution in [0.25, 0.3) is 0 Å². The highest BCUT2D eigenvalue weighted by atomic mass is 32.2. The first-order valence-corrected chi connectivity index (χ1v) is 8.00. The summed E-state index contributed by atoms with van der Waals surface area (Å²) in [5.41, 5.74) is 6.72. The lowest BCUT2D eigenvalue weighted by Gasteiger charge is -2.09. The Balaban J connectivity index is 2.21. The molecule has 21 heavy (non-hydrogen) atoms. The van der Waals surface area contributed by atoms with Crippen molar-refractivity contribution in [3.63, 3.8) is 0 Å². The molecule has 0 amide bonds. The highest BCUT2D eigenvalue weighted by Crippen LogP contribution is 2.17. The van der Waals surface area contributed by atoms with Crippen LogP contribution in [0.4, 0.5) is 0 Å². The topological polar surface area (TPSA) is 98.2 Å². The SMILES string of the molecule is Cc1cnc(CNS(=O)(=O)c2ccc(C(N)=S)cc2C)o1. The number of sulfonamides is 1. The molecule has 1 aromatic heterocycles. The molecule has 6 nitrogen and oxygen atoms in total. The average molecular weight is 325 g/mol. The van der Waals surface area contributed by atoms with Gasteiger partial charge in [0.25, 0.3) is 0 Å². The van der Waals surface area contributed by atoms with Gasteiger partial charge in [-0.3, -0.25) is 0 Å². The fraction of sp³-hybridized carbons (Fsp3) is 0.231. The Morgan fingerprint density at radius 3 is 2.67 bits per heavy atom. The molecule has 0 fully saturated rings. The maximum atomic E-state index is 12.3. The first kappa shape index (κ1) is 15.6. The number of oxazole rings is 1. The largest absolute Gasteiger partial charge is 0.445 e. The molecule has 3 N–H and O–H groups in total. The summed E-state index contributed by atoms with van der Waals surface area (Å²) in [4.78, 5) is 4.34. The van der Waals surface area contributed by atoms with E-state index >= 15 is 0 Å². The molecule has 2 rings (SSSR count). The molecule has 8 heteroatoms. The Morgan fingerprint density at radius 1 is 1.43 bits per heavy atom. The summed E-state index contributed by atoms with van der Waals surface area (Å²) in [6.07, 6.45) is 1.53. The molecular formula is C13H15N3O3S2. The number of hydrogen-bond donors (Lipinski definition) is 2. The number of thiocarbonyl (C=S) groups is 1. The lowest BCUT2D eigenvalue weighted by Crippen LogP contribution is -2.24. The van der Waals surface area contributed by atoms with Gasteiger partial charge in [0.2, 0.25) is 15.9 Å². The van der Waals surface area contributed by atoms with E-state index in [9.17, 15) is 8.42 Å². The van der Waals surface area contributed by atoms with Gasteiger partial charge < -0.3 is 10.2 Å². The first-order chi connectivity index (χ1) is 9.79. The Kier molecular flexibility index (Phi) is 4.40. The van der Waals surface area contributed by atoms with Gasteiger partial charge in [0.15, 0.2) is 0 Å². The van der Waals surface area contributed by atoms with E-state index in [0.717, 1.165) is 0 Å². The second-order valence-corrected chi connectivity index (χ2v) is 6.71.